The number of carbonyl (C=O) groups is 2. The lowest BCUT2D eigenvalue weighted by Crippen LogP contribution is -2.47. The Morgan fingerprint density at radius 2 is 2.30 bits per heavy atom. The van der Waals surface area contributed by atoms with Crippen molar-refractivity contribution in [3.8, 4) is 0 Å². The average Bonchev–Trinajstić information content (AvgIpc) is 2.93. The van der Waals surface area contributed by atoms with Crippen molar-refractivity contribution in [3.63, 3.8) is 0 Å². The Morgan fingerprint density at radius 3 is 2.96 bits per heavy atom. The zero-order valence-electron chi connectivity index (χ0n) is 13.7. The summed E-state index contributed by atoms with van der Waals surface area (Å²) in [6.07, 6.45) is 4.62. The van der Waals surface area contributed by atoms with Crippen LogP contribution in [0.1, 0.15) is 31.7 Å². The molecule has 2 atom stereocenters. The van der Waals surface area contributed by atoms with Gasteiger partial charge in [0.1, 0.15) is 11.9 Å². The van der Waals surface area contributed by atoms with Crippen LogP contribution in [0.4, 0.5) is 4.79 Å². The van der Waals surface area contributed by atoms with E-state index in [4.69, 9.17) is 0 Å². The fourth-order valence-corrected chi connectivity index (χ4v) is 2.94. The maximum Gasteiger partial charge on any atom is 0.321 e. The molecular weight excluding hydrogens is 298 g/mol. The van der Waals surface area contributed by atoms with Crippen molar-refractivity contribution in [1.29, 1.82) is 0 Å². The van der Waals surface area contributed by atoms with Gasteiger partial charge in [-0.2, -0.15) is 0 Å². The minimum absolute atomic E-state index is 0.0297. The summed E-state index contributed by atoms with van der Waals surface area (Å²) in [5.41, 5.74) is 0. The smallest absolute Gasteiger partial charge is 0.321 e. The van der Waals surface area contributed by atoms with Gasteiger partial charge >= 0.3 is 6.03 Å². The van der Waals surface area contributed by atoms with E-state index in [1.165, 1.54) is 0 Å². The molecule has 23 heavy (non-hydrogen) atoms. The van der Waals surface area contributed by atoms with Crippen molar-refractivity contribution in [2.45, 2.75) is 25.9 Å². The number of amides is 3. The van der Waals surface area contributed by atoms with E-state index in [-0.39, 0.29) is 18.4 Å². The predicted octanol–water partition coefficient (Wildman–Crippen LogP) is 0.0112. The molecule has 128 valence electrons. The number of aromatic nitrogens is 2. The molecule has 0 spiro atoms. The molecule has 3 amide bonds. The molecule has 0 radical (unpaired) electrons. The number of aryl methyl sites for hydroxylation is 1. The molecule has 0 unspecified atom stereocenters. The largest absolute Gasteiger partial charge is 0.385 e. The van der Waals surface area contributed by atoms with Crippen LogP contribution in [-0.2, 0) is 11.8 Å². The lowest BCUT2D eigenvalue weighted by atomic mass is 9.92. The number of nitrogens with zero attached hydrogens (tertiary/aromatic N) is 3. The van der Waals surface area contributed by atoms with Gasteiger partial charge in [-0.3, -0.25) is 15.0 Å². The first-order chi connectivity index (χ1) is 11.0. The summed E-state index contributed by atoms with van der Waals surface area (Å²) in [7, 11) is 1.85. The summed E-state index contributed by atoms with van der Waals surface area (Å²) in [6.45, 7) is 3.81. The lowest BCUT2D eigenvalue weighted by Gasteiger charge is -2.34. The van der Waals surface area contributed by atoms with Gasteiger partial charge in [-0.15, -0.1) is 0 Å². The molecule has 0 aliphatic carbocycles. The van der Waals surface area contributed by atoms with E-state index in [2.05, 4.69) is 15.6 Å². The van der Waals surface area contributed by atoms with E-state index in [1.807, 2.05) is 16.5 Å². The third kappa shape index (κ3) is 4.77. The van der Waals surface area contributed by atoms with Crippen LogP contribution in [0.5, 0.6) is 0 Å². The van der Waals surface area contributed by atoms with Crippen LogP contribution in [0.15, 0.2) is 12.4 Å². The summed E-state index contributed by atoms with van der Waals surface area (Å²) in [5.74, 6) is 0.342. The van der Waals surface area contributed by atoms with Crippen molar-refractivity contribution in [2.24, 2.45) is 13.0 Å². The van der Waals surface area contributed by atoms with E-state index in [9.17, 15) is 14.7 Å². The highest BCUT2D eigenvalue weighted by Crippen LogP contribution is 2.28. The van der Waals surface area contributed by atoms with E-state index >= 15 is 0 Å². The highest BCUT2D eigenvalue weighted by Gasteiger charge is 2.29. The maximum atomic E-state index is 11.9. The van der Waals surface area contributed by atoms with Crippen molar-refractivity contribution in [2.75, 3.05) is 26.2 Å². The standard InChI is InChI=1S/C15H25N5O3/c1-3-16-15(23)18-12(21)10-20-7-4-5-11(9-20)13(22)14-17-6-8-19(14)2/h6,8,11,13,22H,3-5,7,9-10H2,1-2H3,(H2,16,18,21,23)/t11-,13+/m1/s1. The average molecular weight is 323 g/mol. The molecule has 1 aliphatic heterocycles. The monoisotopic (exact) mass is 323 g/mol. The van der Waals surface area contributed by atoms with Gasteiger partial charge < -0.3 is 15.0 Å². The van der Waals surface area contributed by atoms with Crippen molar-refractivity contribution in [1.82, 2.24) is 25.1 Å². The van der Waals surface area contributed by atoms with Crippen LogP contribution in [-0.4, -0.2) is 57.7 Å². The van der Waals surface area contributed by atoms with Crippen LogP contribution in [0.25, 0.3) is 0 Å². The molecule has 1 saturated heterocycles. The fraction of sp³-hybridized carbons (Fsp3) is 0.667. The topological polar surface area (TPSA) is 99.5 Å². The number of aliphatic hydroxyl groups is 1. The molecular formula is C15H25N5O3. The van der Waals surface area contributed by atoms with E-state index in [0.29, 0.717) is 18.9 Å². The first-order valence-corrected chi connectivity index (χ1v) is 7.96. The number of rotatable bonds is 5. The highest BCUT2D eigenvalue weighted by atomic mass is 16.3. The van der Waals surface area contributed by atoms with Crippen LogP contribution in [0, 0.1) is 5.92 Å². The number of urea groups is 1. The molecule has 1 aliphatic rings. The Morgan fingerprint density at radius 1 is 1.52 bits per heavy atom. The van der Waals surface area contributed by atoms with Gasteiger partial charge in [0.25, 0.3) is 0 Å². The predicted molar refractivity (Wildman–Crippen MR) is 84.5 cm³/mol. The number of hydrogen-bond acceptors (Lipinski definition) is 5. The Hall–Kier alpha value is -1.93. The Balaban J connectivity index is 1.87. The number of imidazole rings is 1. The van der Waals surface area contributed by atoms with Crippen LogP contribution < -0.4 is 10.6 Å². The number of carbonyl (C=O) groups excluding carboxylic acids is 2. The second-order valence-corrected chi connectivity index (χ2v) is 5.89. The lowest BCUT2D eigenvalue weighted by molar-refractivity contribution is -0.121. The van der Waals surface area contributed by atoms with Gasteiger partial charge in [0.05, 0.1) is 6.54 Å². The Labute approximate surface area is 135 Å². The van der Waals surface area contributed by atoms with E-state index < -0.39 is 12.1 Å². The minimum Gasteiger partial charge on any atom is -0.385 e. The van der Waals surface area contributed by atoms with Crippen molar-refractivity contribution < 1.29 is 14.7 Å². The van der Waals surface area contributed by atoms with Gasteiger partial charge in [-0.05, 0) is 26.3 Å². The number of likely N-dealkylation sites (tertiary alicyclic amines) is 1. The van der Waals surface area contributed by atoms with Gasteiger partial charge in [-0.25, -0.2) is 9.78 Å². The zero-order valence-corrected chi connectivity index (χ0v) is 13.7. The molecule has 0 bridgehead atoms. The number of piperidine rings is 1. The molecule has 8 nitrogen and oxygen atoms in total. The van der Waals surface area contributed by atoms with E-state index in [0.717, 1.165) is 19.4 Å². The second kappa shape index (κ2) is 8.07. The van der Waals surface area contributed by atoms with Gasteiger partial charge in [0, 0.05) is 38.4 Å². The third-order valence-electron chi connectivity index (χ3n) is 4.07. The number of hydrogen-bond donors (Lipinski definition) is 3. The summed E-state index contributed by atoms with van der Waals surface area (Å²) < 4.78 is 1.81. The van der Waals surface area contributed by atoms with Gasteiger partial charge in [0.2, 0.25) is 5.91 Å². The fourth-order valence-electron chi connectivity index (χ4n) is 2.94. The molecule has 1 aromatic heterocycles. The van der Waals surface area contributed by atoms with Crippen LogP contribution >= 0.6 is 0 Å². The third-order valence-corrected chi connectivity index (χ3v) is 4.07. The van der Waals surface area contributed by atoms with Gasteiger partial charge in [-0.1, -0.05) is 0 Å². The first-order valence-electron chi connectivity index (χ1n) is 7.96. The van der Waals surface area contributed by atoms with Crippen LogP contribution in [0.3, 0.4) is 0 Å². The molecule has 0 aromatic carbocycles. The normalized spacial score (nSPS) is 20.0. The number of aliphatic hydroxyl groups excluding tert-OH is 1. The zero-order chi connectivity index (χ0) is 16.8. The molecule has 0 saturated carbocycles. The summed E-state index contributed by atoms with van der Waals surface area (Å²) in [4.78, 5) is 29.4. The first kappa shape index (κ1) is 17.4. The SMILES string of the molecule is CCNC(=O)NC(=O)CN1CCC[C@@H]([C@H](O)c2nccn2C)C1. The summed E-state index contributed by atoms with van der Waals surface area (Å²) in [6, 6.07) is -0.473. The molecule has 1 aromatic rings. The molecule has 2 rings (SSSR count). The van der Waals surface area contributed by atoms with Crippen LogP contribution in [0.2, 0.25) is 0 Å². The Bertz CT molecular complexity index is 545. The minimum atomic E-state index is -0.649. The van der Waals surface area contributed by atoms with Crippen molar-refractivity contribution in [3.05, 3.63) is 18.2 Å². The summed E-state index contributed by atoms with van der Waals surface area (Å²) >= 11 is 0. The van der Waals surface area contributed by atoms with Crippen molar-refractivity contribution >= 4 is 11.9 Å². The quantitative estimate of drug-likeness (QED) is 0.709. The number of nitrogens with one attached hydrogen (secondary N) is 2. The maximum absolute atomic E-state index is 11.9. The van der Waals surface area contributed by atoms with Gasteiger partial charge in [0.15, 0.2) is 0 Å². The molecule has 2 heterocycles. The molecule has 3 N–H and O–H groups in total. The van der Waals surface area contributed by atoms with E-state index in [1.54, 1.807) is 19.3 Å². The highest BCUT2D eigenvalue weighted by molar-refractivity contribution is 5.95. The second-order valence-electron chi connectivity index (χ2n) is 5.89. The number of imide groups is 1. The molecule has 1 fully saturated rings. The Kier molecular flexibility index (Phi) is 6.12. The summed E-state index contributed by atoms with van der Waals surface area (Å²) in [5, 5.41) is 15.3. The molecule has 8 heteroatoms.